The second-order valence-electron chi connectivity index (χ2n) is 9.41. The van der Waals surface area contributed by atoms with Crippen LogP contribution in [0.3, 0.4) is 0 Å². The van der Waals surface area contributed by atoms with Gasteiger partial charge in [-0.15, -0.1) is 10.2 Å². The molecule has 2 aliphatic heterocycles. The molecule has 9 heteroatoms. The Morgan fingerprint density at radius 2 is 1.67 bits per heavy atom. The number of hydrogen-bond acceptors (Lipinski definition) is 7. The summed E-state index contributed by atoms with van der Waals surface area (Å²) in [7, 11) is 1.68. The van der Waals surface area contributed by atoms with Crippen molar-refractivity contribution in [1.82, 2.24) is 19.7 Å². The number of piperazine rings is 1. The van der Waals surface area contributed by atoms with E-state index in [1.165, 1.54) is 31.4 Å². The van der Waals surface area contributed by atoms with E-state index in [4.69, 9.17) is 4.74 Å². The van der Waals surface area contributed by atoms with Crippen LogP contribution in [0.1, 0.15) is 38.6 Å². The van der Waals surface area contributed by atoms with Crippen LogP contribution in [0, 0.1) is 5.92 Å². The Morgan fingerprint density at radius 3 is 2.30 bits per heavy atom. The second kappa shape index (κ2) is 9.83. The lowest BCUT2D eigenvalue weighted by atomic mass is 10.00. The summed E-state index contributed by atoms with van der Waals surface area (Å²) in [6, 6.07) is 8.63. The van der Waals surface area contributed by atoms with E-state index in [1.54, 1.807) is 18.9 Å². The first-order valence-electron chi connectivity index (χ1n) is 12.1. The standard InChI is InChI=1S/C24H34N6O2S/c1-18-9-11-29(12-10-18)23-25-26-24(30(23)20-3-4-20)33-17-22(31)28-15-13-27(14-16-28)19-5-7-21(32-2)8-6-19/h5-8,18,20H,3-4,9-17H2,1-2H3. The van der Waals surface area contributed by atoms with Crippen molar-refractivity contribution in [3.05, 3.63) is 24.3 Å². The first-order chi connectivity index (χ1) is 16.1. The normalized spacial score (nSPS) is 19.8. The molecule has 1 aromatic heterocycles. The Bertz CT molecular complexity index is 944. The molecule has 0 spiro atoms. The smallest absolute Gasteiger partial charge is 0.233 e. The molecule has 0 bridgehead atoms. The van der Waals surface area contributed by atoms with Gasteiger partial charge >= 0.3 is 0 Å². The quantitative estimate of drug-likeness (QED) is 0.575. The van der Waals surface area contributed by atoms with Crippen LogP contribution in [0.15, 0.2) is 29.4 Å². The topological polar surface area (TPSA) is 66.7 Å². The fraction of sp³-hybridized carbons (Fsp3) is 0.625. The van der Waals surface area contributed by atoms with Gasteiger partial charge in [-0.2, -0.15) is 0 Å². The van der Waals surface area contributed by atoms with Crippen LogP contribution in [0.2, 0.25) is 0 Å². The summed E-state index contributed by atoms with van der Waals surface area (Å²) in [5.74, 6) is 3.27. The van der Waals surface area contributed by atoms with Gasteiger partial charge in [-0.25, -0.2) is 0 Å². The zero-order valence-electron chi connectivity index (χ0n) is 19.7. The summed E-state index contributed by atoms with van der Waals surface area (Å²) in [6.07, 6.45) is 4.79. The number of thioether (sulfide) groups is 1. The summed E-state index contributed by atoms with van der Waals surface area (Å²) < 4.78 is 7.55. The third-order valence-corrected chi connectivity index (χ3v) is 7.95. The van der Waals surface area contributed by atoms with E-state index in [0.717, 1.165) is 62.0 Å². The van der Waals surface area contributed by atoms with E-state index in [9.17, 15) is 4.79 Å². The number of ether oxygens (including phenoxy) is 1. The molecule has 5 rings (SSSR count). The van der Waals surface area contributed by atoms with Crippen LogP contribution < -0.4 is 14.5 Å². The molecule has 1 aliphatic carbocycles. The Hall–Kier alpha value is -2.42. The largest absolute Gasteiger partial charge is 0.497 e. The Kier molecular flexibility index (Phi) is 6.66. The van der Waals surface area contributed by atoms with Gasteiger partial charge in [0.2, 0.25) is 11.9 Å². The van der Waals surface area contributed by atoms with E-state index in [0.29, 0.717) is 11.8 Å². The summed E-state index contributed by atoms with van der Waals surface area (Å²) in [4.78, 5) is 19.6. The maximum Gasteiger partial charge on any atom is 0.233 e. The molecule has 1 amide bonds. The number of nitrogens with zero attached hydrogens (tertiary/aromatic N) is 6. The first kappa shape index (κ1) is 22.4. The van der Waals surface area contributed by atoms with Crippen LogP contribution in [0.25, 0.3) is 0 Å². The van der Waals surface area contributed by atoms with Crippen molar-refractivity contribution >= 4 is 29.3 Å². The number of methoxy groups -OCH3 is 1. The van der Waals surface area contributed by atoms with Crippen molar-refractivity contribution in [2.75, 3.05) is 61.9 Å². The molecule has 1 aromatic carbocycles. The van der Waals surface area contributed by atoms with Crippen LogP contribution in [-0.4, -0.2) is 77.7 Å². The summed E-state index contributed by atoms with van der Waals surface area (Å²) in [5.41, 5.74) is 1.18. The fourth-order valence-corrected chi connectivity index (χ4v) is 5.57. The minimum Gasteiger partial charge on any atom is -0.497 e. The number of carbonyl (C=O) groups is 1. The molecule has 33 heavy (non-hydrogen) atoms. The predicted molar refractivity (Wildman–Crippen MR) is 131 cm³/mol. The van der Waals surface area contributed by atoms with Crippen LogP contribution in [-0.2, 0) is 4.79 Å². The average molecular weight is 471 g/mol. The Morgan fingerprint density at radius 1 is 0.970 bits per heavy atom. The van der Waals surface area contributed by atoms with Gasteiger partial charge in [0, 0.05) is 51.0 Å². The maximum absolute atomic E-state index is 12.9. The monoisotopic (exact) mass is 470 g/mol. The number of benzene rings is 1. The molecule has 0 N–H and O–H groups in total. The number of carbonyl (C=O) groups excluding carboxylic acids is 1. The lowest BCUT2D eigenvalue weighted by Gasteiger charge is -2.36. The number of rotatable bonds is 7. The molecular formula is C24H34N6O2S. The maximum atomic E-state index is 12.9. The van der Waals surface area contributed by atoms with E-state index in [2.05, 4.69) is 43.6 Å². The third-order valence-electron chi connectivity index (χ3n) is 7.02. The summed E-state index contributed by atoms with van der Waals surface area (Å²) >= 11 is 1.55. The van der Waals surface area contributed by atoms with Crippen molar-refractivity contribution in [2.24, 2.45) is 5.92 Å². The van der Waals surface area contributed by atoms with Crippen molar-refractivity contribution in [1.29, 1.82) is 0 Å². The highest BCUT2D eigenvalue weighted by Gasteiger charge is 2.33. The summed E-state index contributed by atoms with van der Waals surface area (Å²) in [5, 5.41) is 9.95. The highest BCUT2D eigenvalue weighted by atomic mass is 32.2. The van der Waals surface area contributed by atoms with E-state index < -0.39 is 0 Å². The van der Waals surface area contributed by atoms with Gasteiger partial charge in [0.15, 0.2) is 5.16 Å². The molecule has 2 saturated heterocycles. The number of aromatic nitrogens is 3. The van der Waals surface area contributed by atoms with Crippen molar-refractivity contribution in [3.63, 3.8) is 0 Å². The zero-order valence-corrected chi connectivity index (χ0v) is 20.5. The number of hydrogen-bond donors (Lipinski definition) is 0. The molecule has 3 heterocycles. The van der Waals surface area contributed by atoms with Gasteiger partial charge in [-0.3, -0.25) is 9.36 Å². The predicted octanol–water partition coefficient (Wildman–Crippen LogP) is 3.30. The molecule has 2 aromatic rings. The molecule has 178 valence electrons. The Balaban J connectivity index is 1.15. The molecule has 3 aliphatic rings. The SMILES string of the molecule is COc1ccc(N2CCN(C(=O)CSc3nnc(N4CCC(C)CC4)n3C3CC3)CC2)cc1. The van der Waals surface area contributed by atoms with E-state index >= 15 is 0 Å². The minimum atomic E-state index is 0.188. The fourth-order valence-electron chi connectivity index (χ4n) is 4.67. The molecule has 8 nitrogen and oxygen atoms in total. The zero-order chi connectivity index (χ0) is 22.8. The second-order valence-corrected chi connectivity index (χ2v) is 10.4. The molecular weight excluding hydrogens is 436 g/mol. The molecule has 0 radical (unpaired) electrons. The highest BCUT2D eigenvalue weighted by Crippen LogP contribution is 2.41. The minimum absolute atomic E-state index is 0.188. The lowest BCUT2D eigenvalue weighted by molar-refractivity contribution is -0.128. The van der Waals surface area contributed by atoms with Crippen molar-refractivity contribution in [3.8, 4) is 5.75 Å². The van der Waals surface area contributed by atoms with Gasteiger partial charge in [0.05, 0.1) is 12.9 Å². The van der Waals surface area contributed by atoms with Crippen LogP contribution in [0.4, 0.5) is 11.6 Å². The van der Waals surface area contributed by atoms with Gasteiger partial charge in [-0.1, -0.05) is 18.7 Å². The van der Waals surface area contributed by atoms with Crippen molar-refractivity contribution in [2.45, 2.75) is 43.8 Å². The third kappa shape index (κ3) is 5.08. The lowest BCUT2D eigenvalue weighted by Crippen LogP contribution is -2.49. The molecule has 0 unspecified atom stereocenters. The molecule has 1 saturated carbocycles. The molecule has 0 atom stereocenters. The van der Waals surface area contributed by atoms with Crippen LogP contribution >= 0.6 is 11.8 Å². The van der Waals surface area contributed by atoms with E-state index in [1.807, 2.05) is 17.0 Å². The number of anilines is 2. The highest BCUT2D eigenvalue weighted by molar-refractivity contribution is 7.99. The van der Waals surface area contributed by atoms with Crippen LogP contribution in [0.5, 0.6) is 5.75 Å². The Labute approximate surface area is 200 Å². The van der Waals surface area contributed by atoms with E-state index in [-0.39, 0.29) is 5.91 Å². The van der Waals surface area contributed by atoms with Gasteiger partial charge in [0.25, 0.3) is 0 Å². The molecule has 3 fully saturated rings. The average Bonchev–Trinajstić information content (AvgIpc) is 3.62. The first-order valence-corrected chi connectivity index (χ1v) is 13.1. The van der Waals surface area contributed by atoms with Gasteiger partial charge in [-0.05, 0) is 55.9 Å². The number of piperidine rings is 1. The summed E-state index contributed by atoms with van der Waals surface area (Å²) in [6.45, 7) is 7.61. The van der Waals surface area contributed by atoms with Gasteiger partial charge < -0.3 is 19.4 Å². The number of amides is 1. The van der Waals surface area contributed by atoms with Gasteiger partial charge in [0.1, 0.15) is 5.75 Å². The van der Waals surface area contributed by atoms with Crippen molar-refractivity contribution < 1.29 is 9.53 Å².